The fourth-order valence-electron chi connectivity index (χ4n) is 2.57. The molecule has 21 heavy (non-hydrogen) atoms. The SMILES string of the molecule is CC1CCN(Cc2nnc(-c3ccccc3Br)o2)CC1N. The molecule has 0 spiro atoms. The molecule has 0 aliphatic carbocycles. The minimum absolute atomic E-state index is 0.226. The van der Waals surface area contributed by atoms with Gasteiger partial charge < -0.3 is 10.2 Å². The number of nitrogens with two attached hydrogens (primary N) is 1. The second-order valence-electron chi connectivity index (χ2n) is 5.65. The molecule has 1 saturated heterocycles. The summed E-state index contributed by atoms with van der Waals surface area (Å²) in [6.07, 6.45) is 1.12. The Kier molecular flexibility index (Phi) is 4.37. The number of hydrogen-bond acceptors (Lipinski definition) is 5. The topological polar surface area (TPSA) is 68.2 Å². The van der Waals surface area contributed by atoms with Gasteiger partial charge in [-0.05, 0) is 46.9 Å². The van der Waals surface area contributed by atoms with Gasteiger partial charge in [0.1, 0.15) is 0 Å². The number of benzene rings is 1. The molecule has 0 amide bonds. The highest BCUT2D eigenvalue weighted by atomic mass is 79.9. The predicted molar refractivity (Wildman–Crippen MR) is 84.5 cm³/mol. The molecule has 1 aliphatic rings. The lowest BCUT2D eigenvalue weighted by atomic mass is 9.94. The Morgan fingerprint density at radius 1 is 1.38 bits per heavy atom. The molecule has 0 radical (unpaired) electrons. The van der Waals surface area contributed by atoms with Crippen LogP contribution in [0.25, 0.3) is 11.5 Å². The van der Waals surface area contributed by atoms with Gasteiger partial charge in [-0.2, -0.15) is 0 Å². The zero-order valence-corrected chi connectivity index (χ0v) is 13.6. The minimum Gasteiger partial charge on any atom is -0.419 e. The number of hydrogen-bond donors (Lipinski definition) is 1. The summed E-state index contributed by atoms with van der Waals surface area (Å²) in [4.78, 5) is 2.28. The van der Waals surface area contributed by atoms with Gasteiger partial charge in [0.05, 0.1) is 12.1 Å². The zero-order chi connectivity index (χ0) is 14.8. The van der Waals surface area contributed by atoms with E-state index in [0.29, 0.717) is 24.2 Å². The molecule has 2 unspecified atom stereocenters. The molecule has 2 heterocycles. The van der Waals surface area contributed by atoms with Gasteiger partial charge in [-0.25, -0.2) is 0 Å². The van der Waals surface area contributed by atoms with E-state index in [4.69, 9.17) is 10.2 Å². The highest BCUT2D eigenvalue weighted by molar-refractivity contribution is 9.10. The maximum atomic E-state index is 6.12. The molecular weight excluding hydrogens is 332 g/mol. The van der Waals surface area contributed by atoms with Crippen molar-refractivity contribution in [1.82, 2.24) is 15.1 Å². The first-order chi connectivity index (χ1) is 10.1. The second kappa shape index (κ2) is 6.25. The van der Waals surface area contributed by atoms with E-state index < -0.39 is 0 Å². The van der Waals surface area contributed by atoms with Crippen molar-refractivity contribution < 1.29 is 4.42 Å². The average Bonchev–Trinajstić information content (AvgIpc) is 2.92. The van der Waals surface area contributed by atoms with Gasteiger partial charge in [-0.1, -0.05) is 19.1 Å². The van der Waals surface area contributed by atoms with Crippen molar-refractivity contribution in [3.63, 3.8) is 0 Å². The number of aromatic nitrogens is 2. The van der Waals surface area contributed by atoms with E-state index in [1.807, 2.05) is 24.3 Å². The highest BCUT2D eigenvalue weighted by Gasteiger charge is 2.24. The summed E-state index contributed by atoms with van der Waals surface area (Å²) >= 11 is 3.50. The summed E-state index contributed by atoms with van der Waals surface area (Å²) in [6.45, 7) is 4.78. The molecule has 3 rings (SSSR count). The van der Waals surface area contributed by atoms with E-state index in [2.05, 4.69) is 38.0 Å². The predicted octanol–water partition coefficient (Wildman–Crippen LogP) is 2.67. The van der Waals surface area contributed by atoms with Crippen molar-refractivity contribution in [1.29, 1.82) is 0 Å². The lowest BCUT2D eigenvalue weighted by Crippen LogP contribution is -2.47. The van der Waals surface area contributed by atoms with Gasteiger partial charge in [-0.15, -0.1) is 10.2 Å². The van der Waals surface area contributed by atoms with E-state index in [0.717, 1.165) is 29.5 Å². The minimum atomic E-state index is 0.226. The first-order valence-corrected chi connectivity index (χ1v) is 7.98. The van der Waals surface area contributed by atoms with Gasteiger partial charge in [0.2, 0.25) is 11.8 Å². The number of rotatable bonds is 3. The largest absolute Gasteiger partial charge is 0.419 e. The fraction of sp³-hybridized carbons (Fsp3) is 0.467. The van der Waals surface area contributed by atoms with E-state index in [1.165, 1.54) is 0 Å². The third-order valence-corrected chi connectivity index (χ3v) is 4.72. The smallest absolute Gasteiger partial charge is 0.248 e. The summed E-state index contributed by atoms with van der Waals surface area (Å²) in [5.74, 6) is 1.77. The second-order valence-corrected chi connectivity index (χ2v) is 6.50. The van der Waals surface area contributed by atoms with E-state index in [1.54, 1.807) is 0 Å². The summed E-state index contributed by atoms with van der Waals surface area (Å²) in [7, 11) is 0. The number of nitrogens with zero attached hydrogens (tertiary/aromatic N) is 3. The van der Waals surface area contributed by atoms with Crippen molar-refractivity contribution in [2.45, 2.75) is 25.9 Å². The standard InChI is InChI=1S/C15H19BrN4O/c1-10-6-7-20(8-13(10)17)9-14-18-19-15(21-14)11-4-2-3-5-12(11)16/h2-5,10,13H,6-9,17H2,1H3. The van der Waals surface area contributed by atoms with Crippen LogP contribution >= 0.6 is 15.9 Å². The van der Waals surface area contributed by atoms with Crippen LogP contribution in [0.5, 0.6) is 0 Å². The Morgan fingerprint density at radius 2 is 2.19 bits per heavy atom. The molecule has 2 aromatic rings. The van der Waals surface area contributed by atoms with Crippen molar-refractivity contribution in [3.05, 3.63) is 34.6 Å². The van der Waals surface area contributed by atoms with Gasteiger partial charge in [0, 0.05) is 17.1 Å². The third kappa shape index (κ3) is 3.33. The molecule has 1 aromatic heterocycles. The Bertz CT molecular complexity index is 615. The molecule has 5 nitrogen and oxygen atoms in total. The molecular formula is C15H19BrN4O. The number of likely N-dealkylation sites (tertiary alicyclic amines) is 1. The maximum Gasteiger partial charge on any atom is 0.248 e. The average molecular weight is 351 g/mol. The fourth-order valence-corrected chi connectivity index (χ4v) is 3.02. The van der Waals surface area contributed by atoms with Gasteiger partial charge >= 0.3 is 0 Å². The van der Waals surface area contributed by atoms with Crippen LogP contribution in [-0.4, -0.2) is 34.2 Å². The quantitative estimate of drug-likeness (QED) is 0.921. The van der Waals surface area contributed by atoms with Crippen molar-refractivity contribution in [2.75, 3.05) is 13.1 Å². The van der Waals surface area contributed by atoms with Crippen molar-refractivity contribution in [3.8, 4) is 11.5 Å². The summed E-state index contributed by atoms with van der Waals surface area (Å²) in [6, 6.07) is 8.06. The third-order valence-electron chi connectivity index (χ3n) is 4.03. The molecule has 0 bridgehead atoms. The van der Waals surface area contributed by atoms with E-state index in [9.17, 15) is 0 Å². The first-order valence-electron chi connectivity index (χ1n) is 7.18. The van der Waals surface area contributed by atoms with E-state index >= 15 is 0 Å². The van der Waals surface area contributed by atoms with Crippen molar-refractivity contribution in [2.24, 2.45) is 11.7 Å². The Morgan fingerprint density at radius 3 is 2.95 bits per heavy atom. The lowest BCUT2D eigenvalue weighted by Gasteiger charge is -2.34. The van der Waals surface area contributed by atoms with Gasteiger partial charge in [-0.3, -0.25) is 4.90 Å². The van der Waals surface area contributed by atoms with Crippen LogP contribution in [-0.2, 0) is 6.54 Å². The molecule has 2 atom stereocenters. The normalized spacial score (nSPS) is 23.4. The van der Waals surface area contributed by atoms with Crippen LogP contribution in [0, 0.1) is 5.92 Å². The highest BCUT2D eigenvalue weighted by Crippen LogP contribution is 2.27. The monoisotopic (exact) mass is 350 g/mol. The number of halogens is 1. The summed E-state index contributed by atoms with van der Waals surface area (Å²) in [5, 5.41) is 8.29. The lowest BCUT2D eigenvalue weighted by molar-refractivity contribution is 0.150. The van der Waals surface area contributed by atoms with Crippen LogP contribution < -0.4 is 5.73 Å². The molecule has 0 saturated carbocycles. The molecule has 6 heteroatoms. The Hall–Kier alpha value is -1.24. The van der Waals surface area contributed by atoms with Gasteiger partial charge in [0.25, 0.3) is 0 Å². The van der Waals surface area contributed by atoms with Crippen LogP contribution in [0.3, 0.4) is 0 Å². The summed E-state index contributed by atoms with van der Waals surface area (Å²) in [5.41, 5.74) is 7.04. The Labute approximate surface area is 132 Å². The van der Waals surface area contributed by atoms with Crippen molar-refractivity contribution >= 4 is 15.9 Å². The molecule has 1 fully saturated rings. The molecule has 2 N–H and O–H groups in total. The molecule has 1 aromatic carbocycles. The van der Waals surface area contributed by atoms with Crippen LogP contribution in [0.15, 0.2) is 33.2 Å². The molecule has 112 valence electrons. The molecule has 1 aliphatic heterocycles. The zero-order valence-electron chi connectivity index (χ0n) is 12.0. The van der Waals surface area contributed by atoms with Crippen LogP contribution in [0.1, 0.15) is 19.2 Å². The van der Waals surface area contributed by atoms with Crippen LogP contribution in [0.2, 0.25) is 0 Å². The summed E-state index contributed by atoms with van der Waals surface area (Å²) < 4.78 is 6.73. The van der Waals surface area contributed by atoms with Gasteiger partial charge in [0.15, 0.2) is 0 Å². The maximum absolute atomic E-state index is 6.12. The van der Waals surface area contributed by atoms with E-state index in [-0.39, 0.29) is 6.04 Å². The van der Waals surface area contributed by atoms with Crippen LogP contribution in [0.4, 0.5) is 0 Å². The first kappa shape index (κ1) is 14.7. The Balaban J connectivity index is 1.70. The number of piperidine rings is 1.